The minimum atomic E-state index is -1.21. The first-order valence-electron chi connectivity index (χ1n) is 11.1. The van der Waals surface area contributed by atoms with Gasteiger partial charge in [0.05, 0.1) is 22.1 Å². The molecule has 3 aliphatic rings. The second-order valence-corrected chi connectivity index (χ2v) is 9.58. The highest BCUT2D eigenvalue weighted by atomic mass is 16.6. The maximum Gasteiger partial charge on any atom is 0.330 e. The van der Waals surface area contributed by atoms with E-state index in [1.807, 2.05) is 24.3 Å². The molecule has 9 heteroatoms. The molecular weight excluding hydrogens is 436 g/mol. The summed E-state index contributed by atoms with van der Waals surface area (Å²) in [6.07, 6.45) is -0.563. The Morgan fingerprint density at radius 3 is 2.56 bits per heavy atom. The van der Waals surface area contributed by atoms with Gasteiger partial charge in [-0.2, -0.15) is 0 Å². The molecule has 1 N–H and O–H groups in total. The third-order valence-electron chi connectivity index (χ3n) is 7.06. The van der Waals surface area contributed by atoms with Gasteiger partial charge in [0.15, 0.2) is 17.2 Å². The van der Waals surface area contributed by atoms with Crippen LogP contribution in [0.5, 0.6) is 0 Å². The number of nitrogens with one attached hydrogen (secondary N) is 1. The number of hydrogen-bond donors (Lipinski definition) is 1. The summed E-state index contributed by atoms with van der Waals surface area (Å²) < 4.78 is 7.23. The number of hydrogen-bond acceptors (Lipinski definition) is 7. The van der Waals surface area contributed by atoms with Gasteiger partial charge in [-0.15, -0.1) is 0 Å². The van der Waals surface area contributed by atoms with E-state index in [2.05, 4.69) is 10.3 Å². The molecule has 2 fully saturated rings. The number of aromatic nitrogens is 2. The van der Waals surface area contributed by atoms with Crippen LogP contribution >= 0.6 is 0 Å². The minimum absolute atomic E-state index is 0.0700. The predicted molar refractivity (Wildman–Crippen MR) is 122 cm³/mol. The fourth-order valence-corrected chi connectivity index (χ4v) is 5.52. The van der Waals surface area contributed by atoms with Crippen LogP contribution in [-0.4, -0.2) is 38.9 Å². The third kappa shape index (κ3) is 2.50. The van der Waals surface area contributed by atoms with Gasteiger partial charge in [-0.05, 0) is 32.0 Å². The van der Waals surface area contributed by atoms with E-state index in [0.29, 0.717) is 22.2 Å². The first-order chi connectivity index (χ1) is 16.2. The fraction of sp³-hybridized carbons (Fsp3) is 0.320. The second kappa shape index (κ2) is 6.60. The molecule has 3 atom stereocenters. The van der Waals surface area contributed by atoms with Crippen molar-refractivity contribution in [2.75, 3.05) is 4.90 Å². The molecule has 2 saturated heterocycles. The normalized spacial score (nSPS) is 26.7. The van der Waals surface area contributed by atoms with Gasteiger partial charge in [0.25, 0.3) is 5.56 Å². The topological polar surface area (TPSA) is 111 Å². The number of ether oxygens (including phenoxy) is 1. The number of anilines is 1. The molecular formula is C25H22N4O5. The number of para-hydroxylation sites is 2. The minimum Gasteiger partial charge on any atom is -0.449 e. The smallest absolute Gasteiger partial charge is 0.330 e. The van der Waals surface area contributed by atoms with E-state index in [9.17, 15) is 19.2 Å². The van der Waals surface area contributed by atoms with E-state index in [1.165, 1.54) is 6.92 Å². The number of ketones is 1. The lowest BCUT2D eigenvalue weighted by Gasteiger charge is -2.31. The second-order valence-electron chi connectivity index (χ2n) is 9.58. The number of esters is 1. The molecule has 3 aromatic rings. The maximum atomic E-state index is 13.5. The molecule has 172 valence electrons. The molecule has 0 saturated carbocycles. The van der Waals surface area contributed by atoms with Crippen LogP contribution in [0, 0.1) is 0 Å². The average molecular weight is 458 g/mol. The van der Waals surface area contributed by atoms with Crippen molar-refractivity contribution in [1.29, 1.82) is 0 Å². The van der Waals surface area contributed by atoms with Crippen LogP contribution in [0.2, 0.25) is 0 Å². The van der Waals surface area contributed by atoms with Gasteiger partial charge in [-0.1, -0.05) is 30.3 Å². The van der Waals surface area contributed by atoms with E-state index in [4.69, 9.17) is 4.74 Å². The maximum absolute atomic E-state index is 13.5. The van der Waals surface area contributed by atoms with E-state index < -0.39 is 40.7 Å². The van der Waals surface area contributed by atoms with Crippen molar-refractivity contribution in [2.45, 2.75) is 50.5 Å². The number of carbonyl (C=O) groups is 3. The van der Waals surface area contributed by atoms with Gasteiger partial charge in [0, 0.05) is 18.9 Å². The van der Waals surface area contributed by atoms with Crippen molar-refractivity contribution in [2.24, 2.45) is 0 Å². The summed E-state index contributed by atoms with van der Waals surface area (Å²) in [5.74, 6) is -1.30. The van der Waals surface area contributed by atoms with Gasteiger partial charge in [0.1, 0.15) is 12.2 Å². The van der Waals surface area contributed by atoms with Crippen LogP contribution in [0.25, 0.3) is 10.9 Å². The summed E-state index contributed by atoms with van der Waals surface area (Å²) >= 11 is 0. The molecule has 1 aromatic heterocycles. The summed E-state index contributed by atoms with van der Waals surface area (Å²) in [7, 11) is 0. The molecule has 0 aliphatic carbocycles. The first-order valence-corrected chi connectivity index (χ1v) is 11.1. The SMILES string of the molecule is CC(=O)c1nc2ccccc2c(=O)n1[C@@H]1C[C@]2(OC1=O)c1ccccc1N1C(=O)C(C)(C)N[C@H]12. The Morgan fingerprint density at radius 1 is 1.09 bits per heavy atom. The van der Waals surface area contributed by atoms with Gasteiger partial charge in [-0.3, -0.25) is 29.2 Å². The highest BCUT2D eigenvalue weighted by Crippen LogP contribution is 2.55. The zero-order valence-corrected chi connectivity index (χ0v) is 18.9. The zero-order chi connectivity index (χ0) is 24.0. The molecule has 1 amide bonds. The highest BCUT2D eigenvalue weighted by Gasteiger charge is 2.66. The van der Waals surface area contributed by atoms with Crippen molar-refractivity contribution in [1.82, 2.24) is 14.9 Å². The Hall–Kier alpha value is -3.85. The summed E-state index contributed by atoms with van der Waals surface area (Å²) in [4.78, 5) is 58.6. The molecule has 3 aliphatic heterocycles. The van der Waals surface area contributed by atoms with E-state index in [-0.39, 0.29) is 18.2 Å². The van der Waals surface area contributed by atoms with Crippen LogP contribution in [-0.2, 0) is 19.9 Å². The van der Waals surface area contributed by atoms with Crippen LogP contribution in [0.1, 0.15) is 49.4 Å². The molecule has 34 heavy (non-hydrogen) atoms. The Morgan fingerprint density at radius 2 is 1.79 bits per heavy atom. The van der Waals surface area contributed by atoms with E-state index in [0.717, 1.165) is 4.57 Å². The van der Waals surface area contributed by atoms with E-state index in [1.54, 1.807) is 43.0 Å². The Kier molecular flexibility index (Phi) is 4.03. The monoisotopic (exact) mass is 458 g/mol. The van der Waals surface area contributed by atoms with Gasteiger partial charge in [0.2, 0.25) is 5.91 Å². The standard InChI is InChI=1S/C25H22N4O5/c1-13(30)19-26-16-10-6-4-8-14(16)20(31)28(19)18-12-25(34-21(18)32)15-9-5-7-11-17(15)29-22(25)27-24(2,3)23(29)33/h4-11,18,22,27H,12H2,1-3H3/t18-,22-,25+/m1/s1. The zero-order valence-electron chi connectivity index (χ0n) is 18.9. The van der Waals surface area contributed by atoms with Crippen LogP contribution in [0.15, 0.2) is 53.3 Å². The lowest BCUT2D eigenvalue weighted by Crippen LogP contribution is -2.51. The Bertz CT molecular complexity index is 1490. The summed E-state index contributed by atoms with van der Waals surface area (Å²) in [5.41, 5.74) is -0.799. The first kappa shape index (κ1) is 20.7. The molecule has 0 bridgehead atoms. The largest absolute Gasteiger partial charge is 0.449 e. The number of fused-ring (bicyclic) bond motifs is 6. The van der Waals surface area contributed by atoms with Gasteiger partial charge >= 0.3 is 5.97 Å². The van der Waals surface area contributed by atoms with Crippen molar-refractivity contribution in [3.63, 3.8) is 0 Å². The van der Waals surface area contributed by atoms with Crippen LogP contribution in [0.4, 0.5) is 5.69 Å². The Balaban J connectivity index is 1.55. The number of Topliss-reactive ketones (excluding diaryl/α,β-unsaturated/α-hetero) is 1. The number of nitrogens with zero attached hydrogens (tertiary/aromatic N) is 3. The third-order valence-corrected chi connectivity index (χ3v) is 7.06. The van der Waals surface area contributed by atoms with Crippen molar-refractivity contribution in [3.8, 4) is 0 Å². The lowest BCUT2D eigenvalue weighted by atomic mass is 9.88. The number of benzene rings is 2. The highest BCUT2D eigenvalue weighted by molar-refractivity contribution is 6.05. The van der Waals surface area contributed by atoms with Gasteiger partial charge in [-0.25, -0.2) is 9.78 Å². The average Bonchev–Trinajstić information content (AvgIpc) is 3.36. The van der Waals surface area contributed by atoms with Crippen LogP contribution < -0.4 is 15.8 Å². The fourth-order valence-electron chi connectivity index (χ4n) is 5.52. The quantitative estimate of drug-likeness (QED) is 0.462. The lowest BCUT2D eigenvalue weighted by molar-refractivity contribution is -0.152. The van der Waals surface area contributed by atoms with Crippen molar-refractivity contribution >= 4 is 34.3 Å². The van der Waals surface area contributed by atoms with Crippen molar-refractivity contribution < 1.29 is 19.1 Å². The summed E-state index contributed by atoms with van der Waals surface area (Å²) in [6.45, 7) is 4.88. The number of amides is 1. The molecule has 4 heterocycles. The molecule has 0 radical (unpaired) electrons. The Labute approximate surface area is 194 Å². The molecule has 1 spiro atoms. The molecule has 0 unspecified atom stereocenters. The molecule has 2 aromatic carbocycles. The number of carbonyl (C=O) groups excluding carboxylic acids is 3. The van der Waals surface area contributed by atoms with E-state index >= 15 is 0 Å². The molecule has 6 rings (SSSR count). The predicted octanol–water partition coefficient (Wildman–Crippen LogP) is 2.04. The van der Waals surface area contributed by atoms with Crippen molar-refractivity contribution in [3.05, 3.63) is 70.3 Å². The van der Waals surface area contributed by atoms with Crippen LogP contribution in [0.3, 0.4) is 0 Å². The summed E-state index contributed by atoms with van der Waals surface area (Å²) in [5, 5.41) is 3.64. The van der Waals surface area contributed by atoms with Gasteiger partial charge < -0.3 is 4.74 Å². The summed E-state index contributed by atoms with van der Waals surface area (Å²) in [6, 6.07) is 12.9. The number of rotatable bonds is 2. The molecule has 9 nitrogen and oxygen atoms in total.